The van der Waals surface area contributed by atoms with E-state index >= 15 is 0 Å². The minimum atomic E-state index is -3.83. The molecule has 0 spiro atoms. The number of benzene rings is 2. The number of anilines is 1. The van der Waals surface area contributed by atoms with E-state index in [4.69, 9.17) is 16.3 Å². The number of methoxy groups -OCH3 is 1. The van der Waals surface area contributed by atoms with Gasteiger partial charge in [-0.25, -0.2) is 8.42 Å². The first-order chi connectivity index (χ1) is 15.1. The number of hydrogen-bond acceptors (Lipinski definition) is 5. The third-order valence-corrected chi connectivity index (χ3v) is 6.37. The summed E-state index contributed by atoms with van der Waals surface area (Å²) in [6.07, 6.45) is 1.35. The number of amides is 2. The molecule has 0 saturated carbocycles. The van der Waals surface area contributed by atoms with Crippen molar-refractivity contribution in [3.63, 3.8) is 0 Å². The van der Waals surface area contributed by atoms with Gasteiger partial charge in [0.15, 0.2) is 0 Å². The van der Waals surface area contributed by atoms with Gasteiger partial charge in [-0.1, -0.05) is 42.8 Å². The van der Waals surface area contributed by atoms with Crippen LogP contribution in [-0.4, -0.2) is 58.1 Å². The van der Waals surface area contributed by atoms with E-state index in [0.29, 0.717) is 12.2 Å². The molecule has 0 heterocycles. The summed E-state index contributed by atoms with van der Waals surface area (Å²) in [7, 11) is -0.801. The Morgan fingerprint density at radius 1 is 1.16 bits per heavy atom. The number of ether oxygens (including phenoxy) is 1. The van der Waals surface area contributed by atoms with E-state index in [1.807, 2.05) is 6.07 Å². The molecule has 2 aromatic rings. The standard InChI is InChI=1S/C22H28ClN3O5S/c1-5-19(22(28)24-2)25(14-16-9-8-10-17(13-16)31-3)21(27)15-26(32(4,29)30)20-12-7-6-11-18(20)23/h6-13,19H,5,14-15H2,1-4H3,(H,24,28). The van der Waals surface area contributed by atoms with Crippen molar-refractivity contribution < 1.29 is 22.7 Å². The van der Waals surface area contributed by atoms with Crippen LogP contribution < -0.4 is 14.4 Å². The molecule has 0 saturated heterocycles. The number of carbonyl (C=O) groups excluding carboxylic acids is 2. The molecule has 0 fully saturated rings. The van der Waals surface area contributed by atoms with Gasteiger partial charge in [0, 0.05) is 13.6 Å². The van der Waals surface area contributed by atoms with Crippen LogP contribution in [0.15, 0.2) is 48.5 Å². The number of halogens is 1. The molecule has 8 nitrogen and oxygen atoms in total. The van der Waals surface area contributed by atoms with Gasteiger partial charge in [-0.15, -0.1) is 0 Å². The molecule has 0 aliphatic heterocycles. The lowest BCUT2D eigenvalue weighted by Crippen LogP contribution is -2.51. The molecule has 1 unspecified atom stereocenters. The van der Waals surface area contributed by atoms with Gasteiger partial charge in [-0.05, 0) is 36.2 Å². The largest absolute Gasteiger partial charge is 0.497 e. The maximum absolute atomic E-state index is 13.4. The Morgan fingerprint density at radius 2 is 1.84 bits per heavy atom. The Hall–Kier alpha value is -2.78. The zero-order chi connectivity index (χ0) is 23.9. The van der Waals surface area contributed by atoms with Crippen LogP contribution in [0.3, 0.4) is 0 Å². The van der Waals surface area contributed by atoms with Crippen molar-refractivity contribution in [2.24, 2.45) is 0 Å². The Bertz CT molecular complexity index is 1060. The van der Waals surface area contributed by atoms with Crippen LogP contribution in [-0.2, 0) is 26.2 Å². The van der Waals surface area contributed by atoms with Gasteiger partial charge in [-0.2, -0.15) is 0 Å². The summed E-state index contributed by atoms with van der Waals surface area (Å²) in [5, 5.41) is 2.77. The van der Waals surface area contributed by atoms with Crippen LogP contribution in [0.25, 0.3) is 0 Å². The number of nitrogens with one attached hydrogen (secondary N) is 1. The molecular formula is C22H28ClN3O5S. The van der Waals surface area contributed by atoms with Gasteiger partial charge < -0.3 is 15.0 Å². The molecule has 1 atom stereocenters. The van der Waals surface area contributed by atoms with Crippen LogP contribution in [0.5, 0.6) is 5.75 Å². The van der Waals surface area contributed by atoms with Crippen molar-refractivity contribution in [2.75, 3.05) is 31.3 Å². The van der Waals surface area contributed by atoms with E-state index in [0.717, 1.165) is 16.1 Å². The highest BCUT2D eigenvalue weighted by atomic mass is 35.5. The van der Waals surface area contributed by atoms with Gasteiger partial charge in [0.2, 0.25) is 21.8 Å². The van der Waals surface area contributed by atoms with Crippen molar-refractivity contribution >= 4 is 39.1 Å². The van der Waals surface area contributed by atoms with Gasteiger partial charge in [0.1, 0.15) is 18.3 Å². The molecule has 0 aliphatic carbocycles. The van der Waals surface area contributed by atoms with E-state index in [2.05, 4.69) is 5.32 Å². The fourth-order valence-corrected chi connectivity index (χ4v) is 4.45. The second-order valence-electron chi connectivity index (χ2n) is 7.13. The number of hydrogen-bond donors (Lipinski definition) is 1. The van der Waals surface area contributed by atoms with Crippen molar-refractivity contribution in [3.8, 4) is 5.75 Å². The maximum Gasteiger partial charge on any atom is 0.244 e. The van der Waals surface area contributed by atoms with Crippen molar-refractivity contribution in [1.29, 1.82) is 0 Å². The van der Waals surface area contributed by atoms with Crippen molar-refractivity contribution in [2.45, 2.75) is 25.9 Å². The number of carbonyl (C=O) groups is 2. The summed E-state index contributed by atoms with van der Waals surface area (Å²) < 4.78 is 31.2. The third kappa shape index (κ3) is 6.37. The van der Waals surface area contributed by atoms with Gasteiger partial charge in [0.05, 0.1) is 24.1 Å². The second-order valence-corrected chi connectivity index (χ2v) is 9.45. The lowest BCUT2D eigenvalue weighted by Gasteiger charge is -2.32. The predicted molar refractivity (Wildman–Crippen MR) is 125 cm³/mol. The predicted octanol–water partition coefficient (Wildman–Crippen LogP) is 2.67. The molecule has 32 heavy (non-hydrogen) atoms. The Labute approximate surface area is 194 Å². The molecule has 2 aromatic carbocycles. The minimum Gasteiger partial charge on any atom is -0.497 e. The Kier molecular flexibility index (Phi) is 8.91. The molecule has 0 aromatic heterocycles. The van der Waals surface area contributed by atoms with Crippen molar-refractivity contribution in [1.82, 2.24) is 10.2 Å². The average molecular weight is 482 g/mol. The monoisotopic (exact) mass is 481 g/mol. The highest BCUT2D eigenvalue weighted by Crippen LogP contribution is 2.27. The molecule has 2 rings (SSSR count). The van der Waals surface area contributed by atoms with Crippen LogP contribution in [0, 0.1) is 0 Å². The number of rotatable bonds is 10. The zero-order valence-corrected chi connectivity index (χ0v) is 20.1. The molecule has 10 heteroatoms. The molecule has 2 amide bonds. The number of sulfonamides is 1. The normalized spacial score (nSPS) is 12.0. The van der Waals surface area contributed by atoms with E-state index < -0.39 is 28.5 Å². The highest BCUT2D eigenvalue weighted by Gasteiger charge is 2.31. The fourth-order valence-electron chi connectivity index (χ4n) is 3.30. The first kappa shape index (κ1) is 25.5. The summed E-state index contributed by atoms with van der Waals surface area (Å²) >= 11 is 6.20. The van der Waals surface area contributed by atoms with Gasteiger partial charge >= 0.3 is 0 Å². The van der Waals surface area contributed by atoms with Gasteiger partial charge in [-0.3, -0.25) is 13.9 Å². The second kappa shape index (κ2) is 11.2. The van der Waals surface area contributed by atoms with Crippen LogP contribution in [0.4, 0.5) is 5.69 Å². The summed E-state index contributed by atoms with van der Waals surface area (Å²) in [5.74, 6) is -0.266. The van der Waals surface area contributed by atoms with E-state index in [-0.39, 0.29) is 23.2 Å². The average Bonchev–Trinajstić information content (AvgIpc) is 2.76. The van der Waals surface area contributed by atoms with Crippen molar-refractivity contribution in [3.05, 3.63) is 59.1 Å². The molecule has 0 radical (unpaired) electrons. The topological polar surface area (TPSA) is 96.0 Å². The number of para-hydroxylation sites is 1. The number of likely N-dealkylation sites (N-methyl/N-ethyl adjacent to an activating group) is 1. The zero-order valence-electron chi connectivity index (χ0n) is 18.5. The first-order valence-corrected chi connectivity index (χ1v) is 12.2. The fraction of sp³-hybridized carbons (Fsp3) is 0.364. The number of nitrogens with zero attached hydrogens (tertiary/aromatic N) is 2. The summed E-state index contributed by atoms with van der Waals surface area (Å²) in [5.41, 5.74) is 0.933. The molecule has 0 aliphatic rings. The Balaban J connectivity index is 2.45. The molecule has 0 bridgehead atoms. The van der Waals surface area contributed by atoms with E-state index in [1.165, 1.54) is 25.1 Å². The summed E-state index contributed by atoms with van der Waals surface area (Å²) in [4.78, 5) is 27.3. The maximum atomic E-state index is 13.4. The third-order valence-electron chi connectivity index (χ3n) is 4.92. The van der Waals surface area contributed by atoms with E-state index in [1.54, 1.807) is 43.3 Å². The Morgan fingerprint density at radius 3 is 2.41 bits per heavy atom. The highest BCUT2D eigenvalue weighted by molar-refractivity contribution is 7.92. The van der Waals surface area contributed by atoms with Crippen LogP contribution >= 0.6 is 11.6 Å². The lowest BCUT2D eigenvalue weighted by atomic mass is 10.1. The summed E-state index contributed by atoms with van der Waals surface area (Å²) in [6, 6.07) is 12.7. The van der Waals surface area contributed by atoms with Gasteiger partial charge in [0.25, 0.3) is 0 Å². The lowest BCUT2D eigenvalue weighted by molar-refractivity contribution is -0.140. The quantitative estimate of drug-likeness (QED) is 0.562. The molecule has 1 N–H and O–H groups in total. The first-order valence-electron chi connectivity index (χ1n) is 9.98. The van der Waals surface area contributed by atoms with Crippen LogP contribution in [0.1, 0.15) is 18.9 Å². The molecule has 174 valence electrons. The SMILES string of the molecule is CCC(C(=O)NC)N(Cc1cccc(OC)c1)C(=O)CN(c1ccccc1Cl)S(C)(=O)=O. The smallest absolute Gasteiger partial charge is 0.244 e. The van der Waals surface area contributed by atoms with E-state index in [9.17, 15) is 18.0 Å². The summed E-state index contributed by atoms with van der Waals surface area (Å²) in [6.45, 7) is 1.39. The van der Waals surface area contributed by atoms with Crippen LogP contribution in [0.2, 0.25) is 5.02 Å². The molecular weight excluding hydrogens is 454 g/mol. The minimum absolute atomic E-state index is 0.0993.